The average Bonchev–Trinajstić information content (AvgIpc) is 3.42. The van der Waals surface area contributed by atoms with E-state index in [1.807, 2.05) is 60.0 Å². The van der Waals surface area contributed by atoms with E-state index in [2.05, 4.69) is 15.5 Å². The predicted molar refractivity (Wildman–Crippen MR) is 118 cm³/mol. The van der Waals surface area contributed by atoms with E-state index in [-0.39, 0.29) is 11.7 Å². The molecule has 30 heavy (non-hydrogen) atoms. The number of carbonyl (C=O) groups is 1. The molecule has 152 valence electrons. The minimum absolute atomic E-state index is 0.113. The Labute approximate surface area is 183 Å². The summed E-state index contributed by atoms with van der Waals surface area (Å²) in [6.07, 6.45) is 1.60. The molecule has 4 aromatic rings. The Hall–Kier alpha value is -3.03. The van der Waals surface area contributed by atoms with E-state index < -0.39 is 0 Å². The average molecular weight is 439 g/mol. The van der Waals surface area contributed by atoms with Crippen LogP contribution in [-0.2, 0) is 11.3 Å². The van der Waals surface area contributed by atoms with Crippen molar-refractivity contribution in [1.82, 2.24) is 20.1 Å². The van der Waals surface area contributed by atoms with Crippen molar-refractivity contribution >= 4 is 29.3 Å². The van der Waals surface area contributed by atoms with Crippen LogP contribution in [0.3, 0.4) is 0 Å². The molecule has 0 aliphatic carbocycles. The quantitative estimate of drug-likeness (QED) is 0.415. The lowest BCUT2D eigenvalue weighted by Crippen LogP contribution is -2.24. The van der Waals surface area contributed by atoms with Gasteiger partial charge in [-0.3, -0.25) is 9.36 Å². The number of amides is 1. The number of carbonyl (C=O) groups excluding carboxylic acids is 1. The lowest BCUT2D eigenvalue weighted by Gasteiger charge is -2.10. The van der Waals surface area contributed by atoms with E-state index in [0.717, 1.165) is 16.8 Å². The number of hydrogen-bond acceptors (Lipinski definition) is 5. The molecule has 6 nitrogen and oxygen atoms in total. The Morgan fingerprint density at radius 2 is 1.90 bits per heavy atom. The molecule has 0 spiro atoms. The summed E-state index contributed by atoms with van der Waals surface area (Å²) in [5.74, 6) is 1.28. The molecule has 1 N–H and O–H groups in total. The van der Waals surface area contributed by atoms with Crippen LogP contribution in [0.15, 0.2) is 76.5 Å². The molecule has 0 atom stereocenters. The highest BCUT2D eigenvalue weighted by Crippen LogP contribution is 2.28. The second-order valence-electron chi connectivity index (χ2n) is 6.61. The number of rotatable bonds is 7. The first-order valence-corrected chi connectivity index (χ1v) is 10.7. The molecule has 0 saturated carbocycles. The summed E-state index contributed by atoms with van der Waals surface area (Å²) in [5, 5.41) is 12.7. The normalized spacial score (nSPS) is 10.9. The number of benzene rings is 2. The third-order valence-corrected chi connectivity index (χ3v) is 5.73. The van der Waals surface area contributed by atoms with Crippen molar-refractivity contribution in [3.8, 4) is 17.3 Å². The number of furan rings is 1. The van der Waals surface area contributed by atoms with Crippen LogP contribution in [0.2, 0.25) is 5.02 Å². The van der Waals surface area contributed by atoms with E-state index in [1.165, 1.54) is 11.8 Å². The molecule has 0 fully saturated rings. The highest BCUT2D eigenvalue weighted by molar-refractivity contribution is 7.99. The first-order chi connectivity index (χ1) is 14.6. The fraction of sp³-hybridized carbons (Fsp3) is 0.136. The second-order valence-corrected chi connectivity index (χ2v) is 7.96. The van der Waals surface area contributed by atoms with Gasteiger partial charge in [0.15, 0.2) is 10.9 Å². The number of nitrogens with one attached hydrogen (secondary N) is 1. The molecule has 0 radical (unpaired) electrons. The van der Waals surface area contributed by atoms with Crippen molar-refractivity contribution in [2.45, 2.75) is 18.6 Å². The number of nitrogens with zero attached hydrogens (tertiary/aromatic N) is 3. The molecule has 0 aliphatic heterocycles. The fourth-order valence-electron chi connectivity index (χ4n) is 2.87. The van der Waals surface area contributed by atoms with E-state index in [1.54, 1.807) is 18.4 Å². The van der Waals surface area contributed by atoms with Crippen molar-refractivity contribution in [2.75, 3.05) is 5.75 Å². The molecule has 0 bridgehead atoms. The minimum Gasteiger partial charge on any atom is -0.461 e. The topological polar surface area (TPSA) is 73.0 Å². The van der Waals surface area contributed by atoms with Gasteiger partial charge in [-0.1, -0.05) is 59.3 Å². The van der Waals surface area contributed by atoms with Gasteiger partial charge >= 0.3 is 0 Å². The lowest BCUT2D eigenvalue weighted by molar-refractivity contribution is -0.118. The zero-order valence-electron chi connectivity index (χ0n) is 16.2. The standard InChI is InChI=1S/C22H19ClN4O2S/c1-15-8-10-17(11-9-15)27-21(19-7-4-12-29-19)25-26-22(27)30-14-20(28)24-13-16-5-2-3-6-18(16)23/h2-12H,13-14H2,1H3,(H,24,28). The molecule has 4 rings (SSSR count). The summed E-state index contributed by atoms with van der Waals surface area (Å²) in [5.41, 5.74) is 2.93. The number of aromatic nitrogens is 3. The van der Waals surface area contributed by atoms with Crippen LogP contribution in [-0.4, -0.2) is 26.4 Å². The zero-order valence-corrected chi connectivity index (χ0v) is 17.8. The molecule has 0 unspecified atom stereocenters. The minimum atomic E-state index is -0.113. The molecule has 8 heteroatoms. The zero-order chi connectivity index (χ0) is 20.9. The van der Waals surface area contributed by atoms with Crippen LogP contribution in [0, 0.1) is 6.92 Å². The lowest BCUT2D eigenvalue weighted by atomic mass is 10.2. The second kappa shape index (κ2) is 9.19. The molecule has 2 heterocycles. The maximum atomic E-state index is 12.4. The third-order valence-electron chi connectivity index (χ3n) is 4.43. The van der Waals surface area contributed by atoms with Crippen molar-refractivity contribution in [3.63, 3.8) is 0 Å². The monoisotopic (exact) mass is 438 g/mol. The summed E-state index contributed by atoms with van der Waals surface area (Å²) in [6.45, 7) is 2.41. The van der Waals surface area contributed by atoms with Gasteiger partial charge in [0.2, 0.25) is 11.7 Å². The SMILES string of the molecule is Cc1ccc(-n2c(SCC(=O)NCc3ccccc3Cl)nnc2-c2ccco2)cc1. The van der Waals surface area contributed by atoms with Gasteiger partial charge in [-0.05, 0) is 42.8 Å². The van der Waals surface area contributed by atoms with Crippen molar-refractivity contribution < 1.29 is 9.21 Å². The van der Waals surface area contributed by atoms with Gasteiger partial charge in [0.05, 0.1) is 12.0 Å². The van der Waals surface area contributed by atoms with E-state index >= 15 is 0 Å². The molecule has 0 aliphatic rings. The Balaban J connectivity index is 1.50. The highest BCUT2D eigenvalue weighted by atomic mass is 35.5. The maximum absolute atomic E-state index is 12.4. The van der Waals surface area contributed by atoms with Crippen molar-refractivity contribution in [1.29, 1.82) is 0 Å². The Kier molecular flexibility index (Phi) is 6.21. The molecular formula is C22H19ClN4O2S. The number of hydrogen-bond donors (Lipinski definition) is 1. The summed E-state index contributed by atoms with van der Waals surface area (Å²) in [6, 6.07) is 19.1. The van der Waals surface area contributed by atoms with Gasteiger partial charge in [0.1, 0.15) is 0 Å². The van der Waals surface area contributed by atoms with Crippen LogP contribution >= 0.6 is 23.4 Å². The summed E-state index contributed by atoms with van der Waals surface area (Å²) in [7, 11) is 0. The van der Waals surface area contributed by atoms with E-state index in [9.17, 15) is 4.79 Å². The molecular weight excluding hydrogens is 420 g/mol. The van der Waals surface area contributed by atoms with Crippen LogP contribution in [0.4, 0.5) is 0 Å². The Bertz CT molecular complexity index is 1140. The first kappa shape index (κ1) is 20.3. The van der Waals surface area contributed by atoms with Crippen molar-refractivity contribution in [2.24, 2.45) is 0 Å². The van der Waals surface area contributed by atoms with Crippen molar-refractivity contribution in [3.05, 3.63) is 83.1 Å². The Morgan fingerprint density at radius 3 is 2.63 bits per heavy atom. The van der Waals surface area contributed by atoms with E-state index in [0.29, 0.717) is 28.3 Å². The Morgan fingerprint density at radius 1 is 1.10 bits per heavy atom. The molecule has 2 aromatic carbocycles. The molecule has 1 amide bonds. The van der Waals surface area contributed by atoms with Gasteiger partial charge < -0.3 is 9.73 Å². The van der Waals surface area contributed by atoms with Crippen LogP contribution in [0.5, 0.6) is 0 Å². The van der Waals surface area contributed by atoms with E-state index in [4.69, 9.17) is 16.0 Å². The van der Waals surface area contributed by atoms with Crippen LogP contribution < -0.4 is 5.32 Å². The summed E-state index contributed by atoms with van der Waals surface area (Å²) in [4.78, 5) is 12.4. The fourth-order valence-corrected chi connectivity index (χ4v) is 3.86. The third kappa shape index (κ3) is 4.58. The largest absolute Gasteiger partial charge is 0.461 e. The molecule has 0 saturated heterocycles. The first-order valence-electron chi connectivity index (χ1n) is 9.31. The van der Waals surface area contributed by atoms with Crippen LogP contribution in [0.25, 0.3) is 17.3 Å². The predicted octanol–water partition coefficient (Wildman–Crippen LogP) is 4.90. The van der Waals surface area contributed by atoms with Gasteiger partial charge in [-0.25, -0.2) is 0 Å². The van der Waals surface area contributed by atoms with Gasteiger partial charge in [-0.2, -0.15) is 0 Å². The molecule has 2 aromatic heterocycles. The number of halogens is 1. The summed E-state index contributed by atoms with van der Waals surface area (Å²) >= 11 is 7.46. The van der Waals surface area contributed by atoms with Gasteiger partial charge in [0, 0.05) is 17.3 Å². The number of thioether (sulfide) groups is 1. The van der Waals surface area contributed by atoms with Crippen LogP contribution in [0.1, 0.15) is 11.1 Å². The highest BCUT2D eigenvalue weighted by Gasteiger charge is 2.19. The van der Waals surface area contributed by atoms with Gasteiger partial charge in [-0.15, -0.1) is 10.2 Å². The smallest absolute Gasteiger partial charge is 0.230 e. The number of aryl methyl sites for hydroxylation is 1. The van der Waals surface area contributed by atoms with Gasteiger partial charge in [0.25, 0.3) is 0 Å². The summed E-state index contributed by atoms with van der Waals surface area (Å²) < 4.78 is 7.41. The maximum Gasteiger partial charge on any atom is 0.230 e.